The van der Waals surface area contributed by atoms with Crippen LogP contribution in [0.5, 0.6) is 0 Å². The van der Waals surface area contributed by atoms with Crippen molar-refractivity contribution in [1.29, 1.82) is 0 Å². The molecule has 2 aliphatic rings. The van der Waals surface area contributed by atoms with E-state index in [0.29, 0.717) is 23.1 Å². The average molecular weight is 315 g/mol. The predicted octanol–water partition coefficient (Wildman–Crippen LogP) is 3.06. The SMILES string of the molecule is O=C(NC1CC1)[C@H](Sc1nnc(C2CC2)o1)c1ccccc1. The molecule has 1 heterocycles. The Kier molecular flexibility index (Phi) is 3.62. The molecule has 0 spiro atoms. The van der Waals surface area contributed by atoms with Crippen molar-refractivity contribution in [1.82, 2.24) is 15.5 Å². The van der Waals surface area contributed by atoms with Gasteiger partial charge < -0.3 is 9.73 Å². The molecule has 0 saturated heterocycles. The number of hydrogen-bond acceptors (Lipinski definition) is 5. The summed E-state index contributed by atoms with van der Waals surface area (Å²) in [7, 11) is 0. The molecule has 2 aliphatic carbocycles. The number of amides is 1. The van der Waals surface area contributed by atoms with Gasteiger partial charge in [0.15, 0.2) is 0 Å². The van der Waals surface area contributed by atoms with Gasteiger partial charge in [-0.25, -0.2) is 0 Å². The van der Waals surface area contributed by atoms with E-state index in [9.17, 15) is 4.79 Å². The highest BCUT2D eigenvalue weighted by atomic mass is 32.2. The number of aromatic nitrogens is 2. The maximum absolute atomic E-state index is 12.5. The van der Waals surface area contributed by atoms with E-state index in [0.717, 1.165) is 31.2 Å². The number of nitrogens with zero attached hydrogens (tertiary/aromatic N) is 2. The summed E-state index contributed by atoms with van der Waals surface area (Å²) in [6.45, 7) is 0. The molecule has 0 radical (unpaired) electrons. The van der Waals surface area contributed by atoms with Crippen molar-refractivity contribution in [2.45, 2.75) is 48.1 Å². The Morgan fingerprint density at radius 1 is 1.18 bits per heavy atom. The van der Waals surface area contributed by atoms with Crippen molar-refractivity contribution in [3.63, 3.8) is 0 Å². The minimum atomic E-state index is -0.352. The largest absolute Gasteiger partial charge is 0.416 e. The van der Waals surface area contributed by atoms with E-state index in [-0.39, 0.29) is 11.2 Å². The lowest BCUT2D eigenvalue weighted by molar-refractivity contribution is -0.120. The number of benzene rings is 1. The molecular formula is C16H17N3O2S. The summed E-state index contributed by atoms with van der Waals surface area (Å²) in [5, 5.41) is 11.4. The van der Waals surface area contributed by atoms with Gasteiger partial charge in [-0.05, 0) is 43.0 Å². The normalized spacial score (nSPS) is 18.9. The smallest absolute Gasteiger partial charge is 0.277 e. The minimum absolute atomic E-state index is 0.0184. The Balaban J connectivity index is 1.53. The van der Waals surface area contributed by atoms with Crippen LogP contribution in [0.15, 0.2) is 40.0 Å². The van der Waals surface area contributed by atoms with Crippen molar-refractivity contribution in [3.05, 3.63) is 41.8 Å². The van der Waals surface area contributed by atoms with Crippen LogP contribution in [-0.4, -0.2) is 22.1 Å². The average Bonchev–Trinajstić information content (AvgIpc) is 3.47. The Morgan fingerprint density at radius 2 is 1.95 bits per heavy atom. The maximum Gasteiger partial charge on any atom is 0.277 e. The molecule has 0 bridgehead atoms. The van der Waals surface area contributed by atoms with Gasteiger partial charge in [-0.3, -0.25) is 4.79 Å². The summed E-state index contributed by atoms with van der Waals surface area (Å²) < 4.78 is 5.69. The Bertz CT molecular complexity index is 665. The van der Waals surface area contributed by atoms with Crippen molar-refractivity contribution >= 4 is 17.7 Å². The second-order valence-corrected chi connectivity index (χ2v) is 6.93. The second kappa shape index (κ2) is 5.76. The first kappa shape index (κ1) is 13.8. The van der Waals surface area contributed by atoms with Gasteiger partial charge in [0.25, 0.3) is 5.22 Å². The molecule has 1 N–H and O–H groups in total. The summed E-state index contributed by atoms with van der Waals surface area (Å²) in [6.07, 6.45) is 4.39. The fourth-order valence-corrected chi connectivity index (χ4v) is 3.16. The number of hydrogen-bond donors (Lipinski definition) is 1. The van der Waals surface area contributed by atoms with Gasteiger partial charge >= 0.3 is 0 Å². The van der Waals surface area contributed by atoms with E-state index in [4.69, 9.17) is 4.42 Å². The molecular weight excluding hydrogens is 298 g/mol. The highest BCUT2D eigenvalue weighted by Crippen LogP contribution is 2.42. The zero-order valence-electron chi connectivity index (χ0n) is 12.1. The third kappa shape index (κ3) is 3.16. The van der Waals surface area contributed by atoms with E-state index in [2.05, 4.69) is 15.5 Å². The van der Waals surface area contributed by atoms with Crippen LogP contribution < -0.4 is 5.32 Å². The number of thioether (sulfide) groups is 1. The highest BCUT2D eigenvalue weighted by Gasteiger charge is 2.32. The monoisotopic (exact) mass is 315 g/mol. The lowest BCUT2D eigenvalue weighted by Crippen LogP contribution is -2.29. The minimum Gasteiger partial charge on any atom is -0.416 e. The summed E-state index contributed by atoms with van der Waals surface area (Å²) >= 11 is 1.33. The third-order valence-corrected chi connectivity index (χ3v) is 4.92. The fourth-order valence-electron chi connectivity index (χ4n) is 2.27. The highest BCUT2D eigenvalue weighted by molar-refractivity contribution is 8.00. The number of rotatable bonds is 6. The first-order chi connectivity index (χ1) is 10.8. The van der Waals surface area contributed by atoms with Gasteiger partial charge in [0.05, 0.1) is 0 Å². The molecule has 0 aliphatic heterocycles. The molecule has 6 heteroatoms. The summed E-state index contributed by atoms with van der Waals surface area (Å²) in [6, 6.07) is 10.1. The van der Waals surface area contributed by atoms with Crippen LogP contribution in [0.4, 0.5) is 0 Å². The number of carbonyl (C=O) groups excluding carboxylic acids is 1. The van der Waals surface area contributed by atoms with Crippen molar-refractivity contribution < 1.29 is 9.21 Å². The maximum atomic E-state index is 12.5. The van der Waals surface area contributed by atoms with Gasteiger partial charge in [-0.2, -0.15) is 0 Å². The van der Waals surface area contributed by atoms with E-state index in [1.165, 1.54) is 11.8 Å². The van der Waals surface area contributed by atoms with Gasteiger partial charge in [0.2, 0.25) is 11.8 Å². The molecule has 2 aromatic rings. The van der Waals surface area contributed by atoms with Crippen molar-refractivity contribution in [2.24, 2.45) is 0 Å². The topological polar surface area (TPSA) is 68.0 Å². The van der Waals surface area contributed by atoms with Crippen LogP contribution >= 0.6 is 11.8 Å². The quantitative estimate of drug-likeness (QED) is 0.830. The molecule has 1 amide bonds. The van der Waals surface area contributed by atoms with E-state index in [1.807, 2.05) is 30.3 Å². The second-order valence-electron chi connectivity index (χ2n) is 5.87. The Morgan fingerprint density at radius 3 is 2.64 bits per heavy atom. The molecule has 2 saturated carbocycles. The molecule has 0 unspecified atom stereocenters. The molecule has 2 fully saturated rings. The van der Waals surface area contributed by atoms with Gasteiger partial charge in [0, 0.05) is 12.0 Å². The van der Waals surface area contributed by atoms with Crippen molar-refractivity contribution in [2.75, 3.05) is 0 Å². The van der Waals surface area contributed by atoms with Crippen LogP contribution in [0.25, 0.3) is 0 Å². The predicted molar refractivity (Wildman–Crippen MR) is 82.5 cm³/mol. The molecule has 1 aromatic carbocycles. The lowest BCUT2D eigenvalue weighted by atomic mass is 10.1. The number of carbonyl (C=O) groups is 1. The fraction of sp³-hybridized carbons (Fsp3) is 0.438. The molecule has 22 heavy (non-hydrogen) atoms. The molecule has 114 valence electrons. The first-order valence-corrected chi connectivity index (χ1v) is 8.53. The summed E-state index contributed by atoms with van der Waals surface area (Å²) in [4.78, 5) is 12.5. The van der Waals surface area contributed by atoms with Gasteiger partial charge in [0.1, 0.15) is 5.25 Å². The van der Waals surface area contributed by atoms with Crippen molar-refractivity contribution in [3.8, 4) is 0 Å². The van der Waals surface area contributed by atoms with Gasteiger partial charge in [-0.15, -0.1) is 10.2 Å². The summed E-state index contributed by atoms with van der Waals surface area (Å²) in [5.41, 5.74) is 0.955. The molecule has 4 rings (SSSR count). The van der Waals surface area contributed by atoms with E-state index < -0.39 is 0 Å². The van der Waals surface area contributed by atoms with E-state index in [1.54, 1.807) is 0 Å². The van der Waals surface area contributed by atoms with Crippen LogP contribution in [0.2, 0.25) is 0 Å². The summed E-state index contributed by atoms with van der Waals surface area (Å²) in [5.74, 6) is 1.15. The Labute approximate surface area is 132 Å². The molecule has 1 aromatic heterocycles. The zero-order chi connectivity index (χ0) is 14.9. The van der Waals surface area contributed by atoms with Gasteiger partial charge in [-0.1, -0.05) is 30.3 Å². The third-order valence-electron chi connectivity index (χ3n) is 3.83. The standard InChI is InChI=1S/C16H17N3O2S/c20-14(17-12-8-9-12)13(10-4-2-1-3-5-10)22-16-19-18-15(21-16)11-6-7-11/h1-5,11-13H,6-9H2,(H,17,20)/t13-/m1/s1. The zero-order valence-corrected chi connectivity index (χ0v) is 12.9. The van der Waals surface area contributed by atoms with Crippen LogP contribution in [0.1, 0.15) is 48.3 Å². The van der Waals surface area contributed by atoms with Crippen LogP contribution in [0, 0.1) is 0 Å². The van der Waals surface area contributed by atoms with E-state index >= 15 is 0 Å². The molecule has 5 nitrogen and oxygen atoms in total. The van der Waals surface area contributed by atoms with Crippen LogP contribution in [0.3, 0.4) is 0 Å². The van der Waals surface area contributed by atoms with Crippen LogP contribution in [-0.2, 0) is 4.79 Å². The lowest BCUT2D eigenvalue weighted by Gasteiger charge is -2.14. The molecule has 1 atom stereocenters. The first-order valence-electron chi connectivity index (χ1n) is 7.65. The Hall–Kier alpha value is -1.82. The number of nitrogens with one attached hydrogen (secondary N) is 1.